The second-order valence-corrected chi connectivity index (χ2v) is 4.72. The van der Waals surface area contributed by atoms with Crippen molar-refractivity contribution in [1.82, 2.24) is 15.5 Å². The van der Waals surface area contributed by atoms with Crippen LogP contribution < -0.4 is 5.32 Å². The number of nitrogens with zero attached hydrogens (tertiary/aromatic N) is 2. The summed E-state index contributed by atoms with van der Waals surface area (Å²) in [5.74, 6) is 1.72. The number of aromatic nitrogens is 2. The van der Waals surface area contributed by atoms with Crippen LogP contribution in [0.15, 0.2) is 4.52 Å². The minimum absolute atomic E-state index is 0.0905. The van der Waals surface area contributed by atoms with Crippen LogP contribution in [0.1, 0.15) is 50.2 Å². The molecule has 94 valence electrons. The van der Waals surface area contributed by atoms with E-state index in [1.165, 1.54) is 32.1 Å². The number of carbonyl (C=O) groups excluding carboxylic acids is 1. The van der Waals surface area contributed by atoms with Crippen LogP contribution in [0, 0.1) is 12.8 Å². The van der Waals surface area contributed by atoms with Gasteiger partial charge in [-0.2, -0.15) is 4.98 Å². The molecule has 1 aliphatic carbocycles. The molecule has 0 unspecified atom stereocenters. The molecule has 5 heteroatoms. The fourth-order valence-corrected chi connectivity index (χ4v) is 2.31. The molecule has 1 amide bonds. The molecule has 0 aliphatic heterocycles. The molecule has 1 heterocycles. The van der Waals surface area contributed by atoms with E-state index in [9.17, 15) is 4.79 Å². The van der Waals surface area contributed by atoms with Gasteiger partial charge in [-0.15, -0.1) is 0 Å². The Morgan fingerprint density at radius 3 is 2.82 bits per heavy atom. The summed E-state index contributed by atoms with van der Waals surface area (Å²) in [6.07, 6.45) is 6.86. The molecular weight excluding hydrogens is 218 g/mol. The summed E-state index contributed by atoms with van der Waals surface area (Å²) >= 11 is 0. The molecule has 0 bridgehead atoms. The quantitative estimate of drug-likeness (QED) is 0.869. The highest BCUT2D eigenvalue weighted by atomic mass is 16.5. The van der Waals surface area contributed by atoms with E-state index < -0.39 is 0 Å². The first-order valence-corrected chi connectivity index (χ1v) is 6.30. The van der Waals surface area contributed by atoms with E-state index in [1.807, 2.05) is 0 Å². The fraction of sp³-hybridized carbons (Fsp3) is 0.750. The molecule has 0 saturated heterocycles. The summed E-state index contributed by atoms with van der Waals surface area (Å²) in [5, 5.41) is 6.50. The van der Waals surface area contributed by atoms with Gasteiger partial charge < -0.3 is 9.84 Å². The largest absolute Gasteiger partial charge is 0.347 e. The lowest BCUT2D eigenvalue weighted by atomic mass is 9.87. The zero-order valence-electron chi connectivity index (χ0n) is 10.2. The lowest BCUT2D eigenvalue weighted by Gasteiger charge is -2.20. The number of rotatable bonds is 4. The van der Waals surface area contributed by atoms with Crippen LogP contribution in [0.2, 0.25) is 0 Å². The van der Waals surface area contributed by atoms with E-state index in [-0.39, 0.29) is 5.91 Å². The Balaban J connectivity index is 1.70. The van der Waals surface area contributed by atoms with Crippen molar-refractivity contribution in [3.8, 4) is 0 Å². The molecule has 0 atom stereocenters. The smallest absolute Gasteiger partial charge is 0.246 e. The average molecular weight is 237 g/mol. The molecule has 1 aromatic rings. The third kappa shape index (κ3) is 3.84. The van der Waals surface area contributed by atoms with Gasteiger partial charge in [0.2, 0.25) is 11.8 Å². The first-order chi connectivity index (χ1) is 8.24. The van der Waals surface area contributed by atoms with E-state index in [1.54, 1.807) is 6.92 Å². The van der Waals surface area contributed by atoms with Gasteiger partial charge >= 0.3 is 0 Å². The molecule has 2 rings (SSSR count). The van der Waals surface area contributed by atoms with Crippen molar-refractivity contribution in [3.63, 3.8) is 0 Å². The topological polar surface area (TPSA) is 68.0 Å². The average Bonchev–Trinajstić information content (AvgIpc) is 2.74. The molecule has 0 aromatic carbocycles. The van der Waals surface area contributed by atoms with Crippen LogP contribution in [0.25, 0.3) is 0 Å². The molecule has 1 saturated carbocycles. The van der Waals surface area contributed by atoms with Crippen molar-refractivity contribution in [2.75, 3.05) is 0 Å². The van der Waals surface area contributed by atoms with Crippen LogP contribution in [0.4, 0.5) is 0 Å². The monoisotopic (exact) mass is 237 g/mol. The zero-order valence-corrected chi connectivity index (χ0v) is 10.2. The highest BCUT2D eigenvalue weighted by Gasteiger charge is 2.17. The minimum Gasteiger partial charge on any atom is -0.347 e. The highest BCUT2D eigenvalue weighted by molar-refractivity contribution is 5.76. The Bertz CT molecular complexity index is 370. The van der Waals surface area contributed by atoms with Gasteiger partial charge in [0.25, 0.3) is 0 Å². The fourth-order valence-electron chi connectivity index (χ4n) is 2.31. The van der Waals surface area contributed by atoms with Crippen LogP contribution in [0.5, 0.6) is 0 Å². The van der Waals surface area contributed by atoms with Crippen molar-refractivity contribution < 1.29 is 9.32 Å². The number of amides is 1. The Kier molecular flexibility index (Phi) is 4.12. The molecule has 5 nitrogen and oxygen atoms in total. The van der Waals surface area contributed by atoms with E-state index in [0.717, 1.165) is 0 Å². The Morgan fingerprint density at radius 1 is 1.41 bits per heavy atom. The van der Waals surface area contributed by atoms with Gasteiger partial charge in [0.1, 0.15) is 0 Å². The van der Waals surface area contributed by atoms with Crippen molar-refractivity contribution >= 4 is 5.91 Å². The first-order valence-electron chi connectivity index (χ1n) is 6.30. The summed E-state index contributed by atoms with van der Waals surface area (Å²) < 4.78 is 4.93. The molecular formula is C12H19N3O2. The highest BCUT2D eigenvalue weighted by Crippen LogP contribution is 2.25. The molecule has 1 aromatic heterocycles. The Morgan fingerprint density at radius 2 is 2.18 bits per heavy atom. The molecule has 0 radical (unpaired) electrons. The van der Waals surface area contributed by atoms with Gasteiger partial charge in [-0.25, -0.2) is 0 Å². The second kappa shape index (κ2) is 5.80. The number of aryl methyl sites for hydroxylation is 1. The van der Waals surface area contributed by atoms with Crippen molar-refractivity contribution in [3.05, 3.63) is 11.7 Å². The third-order valence-corrected chi connectivity index (χ3v) is 3.21. The zero-order chi connectivity index (χ0) is 12.1. The summed E-state index contributed by atoms with van der Waals surface area (Å²) in [6.45, 7) is 2.10. The van der Waals surface area contributed by atoms with Crippen LogP contribution in [-0.2, 0) is 11.3 Å². The predicted octanol–water partition coefficient (Wildman–Crippen LogP) is 1.96. The molecule has 1 aliphatic rings. The number of hydrogen-bond donors (Lipinski definition) is 1. The number of hydrogen-bond acceptors (Lipinski definition) is 4. The van der Waals surface area contributed by atoms with Gasteiger partial charge in [-0.3, -0.25) is 4.79 Å². The van der Waals surface area contributed by atoms with Crippen molar-refractivity contribution in [2.45, 2.75) is 52.0 Å². The standard InChI is InChI=1S/C12H19N3O2/c1-9-14-12(17-15-9)8-13-11(16)7-10-5-3-2-4-6-10/h10H,2-8H2,1H3,(H,13,16). The molecule has 17 heavy (non-hydrogen) atoms. The van der Waals surface area contributed by atoms with Gasteiger partial charge in [-0.1, -0.05) is 24.4 Å². The lowest BCUT2D eigenvalue weighted by molar-refractivity contribution is -0.122. The van der Waals surface area contributed by atoms with Crippen molar-refractivity contribution in [2.24, 2.45) is 5.92 Å². The van der Waals surface area contributed by atoms with E-state index >= 15 is 0 Å². The lowest BCUT2D eigenvalue weighted by Crippen LogP contribution is -2.26. The van der Waals surface area contributed by atoms with Gasteiger partial charge in [-0.05, 0) is 25.7 Å². The maximum atomic E-state index is 11.7. The molecule has 0 spiro atoms. The number of carbonyl (C=O) groups is 1. The Labute approximate surface area is 101 Å². The van der Waals surface area contributed by atoms with E-state index in [2.05, 4.69) is 15.5 Å². The predicted molar refractivity (Wildman–Crippen MR) is 62.1 cm³/mol. The summed E-state index contributed by atoms with van der Waals surface area (Å²) in [5.41, 5.74) is 0. The maximum Gasteiger partial charge on any atom is 0.246 e. The summed E-state index contributed by atoms with van der Waals surface area (Å²) in [7, 11) is 0. The Hall–Kier alpha value is -1.39. The third-order valence-electron chi connectivity index (χ3n) is 3.21. The van der Waals surface area contributed by atoms with Gasteiger partial charge in [0.05, 0.1) is 6.54 Å². The van der Waals surface area contributed by atoms with Crippen LogP contribution in [0.3, 0.4) is 0 Å². The van der Waals surface area contributed by atoms with Crippen molar-refractivity contribution in [1.29, 1.82) is 0 Å². The second-order valence-electron chi connectivity index (χ2n) is 4.72. The SMILES string of the molecule is Cc1noc(CNC(=O)CC2CCCCC2)n1. The molecule has 1 fully saturated rings. The maximum absolute atomic E-state index is 11.7. The van der Waals surface area contributed by atoms with E-state index in [4.69, 9.17) is 4.52 Å². The van der Waals surface area contributed by atoms with Crippen LogP contribution in [-0.4, -0.2) is 16.0 Å². The summed E-state index contributed by atoms with van der Waals surface area (Å²) in [6, 6.07) is 0. The van der Waals surface area contributed by atoms with E-state index in [0.29, 0.717) is 30.6 Å². The van der Waals surface area contributed by atoms with Gasteiger partial charge in [0, 0.05) is 6.42 Å². The van der Waals surface area contributed by atoms with Gasteiger partial charge in [0.15, 0.2) is 5.82 Å². The minimum atomic E-state index is 0.0905. The number of nitrogens with one attached hydrogen (secondary N) is 1. The van der Waals surface area contributed by atoms with Crippen LogP contribution >= 0.6 is 0 Å². The first kappa shape index (κ1) is 12.1. The normalized spacial score (nSPS) is 17.0. The summed E-state index contributed by atoms with van der Waals surface area (Å²) in [4.78, 5) is 15.7. The molecule has 1 N–H and O–H groups in total.